The van der Waals surface area contributed by atoms with Gasteiger partial charge in [-0.1, -0.05) is 59.8 Å². The Hall–Kier alpha value is -2.66. The zero-order chi connectivity index (χ0) is 18.2. The second-order valence-corrected chi connectivity index (χ2v) is 6.53. The highest BCUT2D eigenvalue weighted by Crippen LogP contribution is 2.19. The van der Waals surface area contributed by atoms with Crippen LogP contribution in [0.4, 0.5) is 0 Å². The minimum absolute atomic E-state index is 0.254. The number of oxime groups is 1. The molecule has 1 aliphatic heterocycles. The molecule has 136 valence electrons. The maximum atomic E-state index is 11.1. The highest BCUT2D eigenvalue weighted by atomic mass is 16.6. The van der Waals surface area contributed by atoms with Crippen molar-refractivity contribution >= 4 is 12.2 Å². The first-order valence-corrected chi connectivity index (χ1v) is 8.98. The number of rotatable bonds is 7. The van der Waals surface area contributed by atoms with Crippen LogP contribution in [0.5, 0.6) is 0 Å². The van der Waals surface area contributed by atoms with E-state index in [4.69, 9.17) is 9.94 Å². The van der Waals surface area contributed by atoms with Gasteiger partial charge in [0.15, 0.2) is 0 Å². The predicted molar refractivity (Wildman–Crippen MR) is 102 cm³/mol. The van der Waals surface area contributed by atoms with Crippen LogP contribution in [-0.2, 0) is 9.63 Å². The average molecular weight is 352 g/mol. The molecule has 3 rings (SSSR count). The van der Waals surface area contributed by atoms with Crippen LogP contribution in [0.2, 0.25) is 0 Å². The second-order valence-electron chi connectivity index (χ2n) is 6.53. The van der Waals surface area contributed by atoms with Gasteiger partial charge < -0.3 is 9.94 Å². The molecule has 5 heteroatoms. The number of piperidine rings is 1. The largest absolute Gasteiger partial charge is 0.481 e. The Kier molecular flexibility index (Phi) is 6.39. The molecule has 0 bridgehead atoms. The van der Waals surface area contributed by atoms with Gasteiger partial charge in [-0.2, -0.15) is 0 Å². The fourth-order valence-electron chi connectivity index (χ4n) is 3.17. The number of carbonyl (C=O) groups is 1. The fourth-order valence-corrected chi connectivity index (χ4v) is 3.17. The molecule has 0 saturated carbocycles. The van der Waals surface area contributed by atoms with E-state index >= 15 is 0 Å². The summed E-state index contributed by atoms with van der Waals surface area (Å²) in [6, 6.07) is 18.4. The summed E-state index contributed by atoms with van der Waals surface area (Å²) in [5, 5.41) is 13.1. The highest BCUT2D eigenvalue weighted by molar-refractivity contribution is 5.80. The number of carboxylic acid groups (broad SMARTS) is 1. The van der Waals surface area contributed by atoms with E-state index in [1.54, 1.807) is 6.21 Å². The standard InChI is InChI=1S/C21H24N2O3/c24-21(25)20-7-4-12-23(16-20)13-14-26-22-15-17-8-10-19(11-9-17)18-5-2-1-3-6-18/h1-3,5-6,8-11,15,20H,4,7,12-14,16H2,(H,24,25)/b22-15+. The van der Waals surface area contributed by atoms with Gasteiger partial charge in [0, 0.05) is 13.1 Å². The van der Waals surface area contributed by atoms with E-state index in [9.17, 15) is 4.79 Å². The zero-order valence-corrected chi connectivity index (χ0v) is 14.8. The van der Waals surface area contributed by atoms with Crippen molar-refractivity contribution in [3.63, 3.8) is 0 Å². The molecule has 5 nitrogen and oxygen atoms in total. The Labute approximate surface area is 153 Å². The molecule has 1 saturated heterocycles. The molecule has 2 aromatic carbocycles. The van der Waals surface area contributed by atoms with Gasteiger partial charge in [0.05, 0.1) is 12.1 Å². The third-order valence-electron chi connectivity index (χ3n) is 4.65. The summed E-state index contributed by atoms with van der Waals surface area (Å²) >= 11 is 0. The van der Waals surface area contributed by atoms with Crippen LogP contribution in [0.3, 0.4) is 0 Å². The van der Waals surface area contributed by atoms with Crippen molar-refractivity contribution in [1.29, 1.82) is 0 Å². The van der Waals surface area contributed by atoms with E-state index in [2.05, 4.69) is 34.3 Å². The van der Waals surface area contributed by atoms with Gasteiger partial charge in [-0.3, -0.25) is 9.69 Å². The Morgan fingerprint density at radius 2 is 1.88 bits per heavy atom. The van der Waals surface area contributed by atoms with E-state index in [1.165, 1.54) is 11.1 Å². The van der Waals surface area contributed by atoms with Crippen molar-refractivity contribution in [2.75, 3.05) is 26.2 Å². The van der Waals surface area contributed by atoms with E-state index in [-0.39, 0.29) is 5.92 Å². The predicted octanol–water partition coefficient (Wildman–Crippen LogP) is 3.50. The average Bonchev–Trinajstić information content (AvgIpc) is 2.69. The number of likely N-dealkylation sites (tertiary alicyclic amines) is 1. The molecule has 0 aromatic heterocycles. The Morgan fingerprint density at radius 3 is 2.62 bits per heavy atom. The van der Waals surface area contributed by atoms with Crippen molar-refractivity contribution in [3.05, 3.63) is 60.2 Å². The molecule has 0 amide bonds. The van der Waals surface area contributed by atoms with Crippen molar-refractivity contribution in [1.82, 2.24) is 4.90 Å². The van der Waals surface area contributed by atoms with Crippen LogP contribution in [0.1, 0.15) is 18.4 Å². The van der Waals surface area contributed by atoms with Crippen LogP contribution in [-0.4, -0.2) is 48.4 Å². The third-order valence-corrected chi connectivity index (χ3v) is 4.65. The molecule has 2 aromatic rings. The van der Waals surface area contributed by atoms with Crippen molar-refractivity contribution in [2.45, 2.75) is 12.8 Å². The van der Waals surface area contributed by atoms with Gasteiger partial charge in [0.25, 0.3) is 0 Å². The van der Waals surface area contributed by atoms with Gasteiger partial charge in [-0.15, -0.1) is 0 Å². The van der Waals surface area contributed by atoms with E-state index in [1.807, 2.05) is 30.3 Å². The maximum absolute atomic E-state index is 11.1. The van der Waals surface area contributed by atoms with Crippen LogP contribution < -0.4 is 0 Å². The Balaban J connectivity index is 1.42. The van der Waals surface area contributed by atoms with E-state index < -0.39 is 5.97 Å². The van der Waals surface area contributed by atoms with Crippen LogP contribution >= 0.6 is 0 Å². The zero-order valence-electron chi connectivity index (χ0n) is 14.8. The van der Waals surface area contributed by atoms with Gasteiger partial charge in [-0.05, 0) is 36.1 Å². The molecule has 0 aliphatic carbocycles. The van der Waals surface area contributed by atoms with E-state index in [0.29, 0.717) is 19.7 Å². The molecule has 0 spiro atoms. The summed E-state index contributed by atoms with van der Waals surface area (Å²) < 4.78 is 0. The summed E-state index contributed by atoms with van der Waals surface area (Å²) in [5.74, 6) is -0.956. The molecule has 1 heterocycles. The highest BCUT2D eigenvalue weighted by Gasteiger charge is 2.24. The molecule has 1 aliphatic rings. The summed E-state index contributed by atoms with van der Waals surface area (Å²) in [5.41, 5.74) is 3.34. The molecule has 1 N–H and O–H groups in total. The van der Waals surface area contributed by atoms with Gasteiger partial charge >= 0.3 is 5.97 Å². The lowest BCUT2D eigenvalue weighted by Gasteiger charge is -2.29. The summed E-state index contributed by atoms with van der Waals surface area (Å²) in [6.07, 6.45) is 3.39. The first kappa shape index (κ1) is 18.1. The molecular weight excluding hydrogens is 328 g/mol. The number of hydrogen-bond acceptors (Lipinski definition) is 4. The molecule has 0 radical (unpaired) electrons. The third kappa shape index (κ3) is 5.17. The summed E-state index contributed by atoms with van der Waals surface area (Å²) in [4.78, 5) is 18.5. The van der Waals surface area contributed by atoms with E-state index in [0.717, 1.165) is 24.9 Å². The minimum Gasteiger partial charge on any atom is -0.481 e. The lowest BCUT2D eigenvalue weighted by Crippen LogP contribution is -2.40. The quantitative estimate of drug-likeness (QED) is 0.471. The minimum atomic E-state index is -0.701. The normalized spacial score (nSPS) is 18.1. The van der Waals surface area contributed by atoms with Gasteiger partial charge in [-0.25, -0.2) is 0 Å². The fraction of sp³-hybridized carbons (Fsp3) is 0.333. The second kappa shape index (κ2) is 9.15. The lowest BCUT2D eigenvalue weighted by atomic mass is 9.98. The molecular formula is C21H24N2O3. The summed E-state index contributed by atoms with van der Waals surface area (Å²) in [7, 11) is 0. The van der Waals surface area contributed by atoms with Crippen molar-refractivity contribution < 1.29 is 14.7 Å². The van der Waals surface area contributed by atoms with Crippen molar-refractivity contribution in [3.8, 4) is 11.1 Å². The SMILES string of the molecule is O=C(O)C1CCCN(CCO/N=C/c2ccc(-c3ccccc3)cc2)C1. The Morgan fingerprint density at radius 1 is 1.15 bits per heavy atom. The van der Waals surface area contributed by atoms with Crippen molar-refractivity contribution in [2.24, 2.45) is 11.1 Å². The number of carboxylic acids is 1. The van der Waals surface area contributed by atoms with Crippen LogP contribution in [0, 0.1) is 5.92 Å². The summed E-state index contributed by atoms with van der Waals surface area (Å²) in [6.45, 7) is 2.69. The first-order chi connectivity index (χ1) is 12.7. The number of aliphatic carboxylic acids is 1. The lowest BCUT2D eigenvalue weighted by molar-refractivity contribution is -0.143. The number of hydrogen-bond donors (Lipinski definition) is 1. The monoisotopic (exact) mass is 352 g/mol. The number of nitrogens with zero attached hydrogens (tertiary/aromatic N) is 2. The van der Waals surface area contributed by atoms with Crippen LogP contribution in [0.25, 0.3) is 11.1 Å². The number of benzene rings is 2. The first-order valence-electron chi connectivity index (χ1n) is 8.98. The topological polar surface area (TPSA) is 62.1 Å². The van der Waals surface area contributed by atoms with Crippen LogP contribution in [0.15, 0.2) is 59.8 Å². The maximum Gasteiger partial charge on any atom is 0.307 e. The smallest absolute Gasteiger partial charge is 0.307 e. The van der Waals surface area contributed by atoms with Gasteiger partial charge in [0.1, 0.15) is 6.61 Å². The molecule has 1 atom stereocenters. The molecule has 1 unspecified atom stereocenters. The molecule has 1 fully saturated rings. The Bertz CT molecular complexity index is 729. The van der Waals surface area contributed by atoms with Gasteiger partial charge in [0.2, 0.25) is 0 Å². The molecule has 26 heavy (non-hydrogen) atoms.